The third kappa shape index (κ3) is 4.32. The van der Waals surface area contributed by atoms with Crippen molar-refractivity contribution in [2.75, 3.05) is 13.1 Å². The predicted octanol–water partition coefficient (Wildman–Crippen LogP) is 2.91. The standard InChI is InChI=1S/C14H26N2O2Si/c1-14(2,3)19(4,5)18-12-7-6-10-16(11-12)13(17)8-9-15/h12H,6-8,10-11H2,1-5H3. The number of nitriles is 1. The first-order valence-corrected chi connectivity index (χ1v) is 9.91. The molecule has 1 aliphatic rings. The molecule has 0 aromatic carbocycles. The Hall–Kier alpha value is -0.863. The third-order valence-electron chi connectivity index (χ3n) is 4.23. The van der Waals surface area contributed by atoms with Gasteiger partial charge in [-0.3, -0.25) is 4.79 Å². The molecule has 1 rings (SSSR count). The van der Waals surface area contributed by atoms with Gasteiger partial charge in [0.05, 0.1) is 12.2 Å². The van der Waals surface area contributed by atoms with Crippen LogP contribution >= 0.6 is 0 Å². The quantitative estimate of drug-likeness (QED) is 0.748. The second kappa shape index (κ2) is 6.06. The molecular weight excluding hydrogens is 256 g/mol. The van der Waals surface area contributed by atoms with Gasteiger partial charge in [-0.25, -0.2) is 0 Å². The van der Waals surface area contributed by atoms with E-state index in [1.165, 1.54) is 0 Å². The fourth-order valence-corrected chi connectivity index (χ4v) is 3.41. The number of hydrogen-bond donors (Lipinski definition) is 0. The van der Waals surface area contributed by atoms with Crippen LogP contribution in [0.1, 0.15) is 40.0 Å². The molecule has 1 aliphatic heterocycles. The van der Waals surface area contributed by atoms with Gasteiger partial charge in [-0.05, 0) is 31.0 Å². The maximum Gasteiger partial charge on any atom is 0.236 e. The number of nitrogens with zero attached hydrogens (tertiary/aromatic N) is 2. The molecule has 1 heterocycles. The van der Waals surface area contributed by atoms with Crippen molar-refractivity contribution in [2.24, 2.45) is 0 Å². The molecule has 1 amide bonds. The number of rotatable bonds is 3. The molecule has 0 N–H and O–H groups in total. The van der Waals surface area contributed by atoms with Crippen LogP contribution in [-0.2, 0) is 9.22 Å². The second-order valence-corrected chi connectivity index (χ2v) is 11.6. The van der Waals surface area contributed by atoms with Gasteiger partial charge in [-0.1, -0.05) is 20.8 Å². The van der Waals surface area contributed by atoms with Gasteiger partial charge in [0.25, 0.3) is 0 Å². The molecule has 0 spiro atoms. The number of piperidine rings is 1. The first-order valence-electron chi connectivity index (χ1n) is 7.00. The molecule has 0 aromatic rings. The Morgan fingerprint density at radius 1 is 1.47 bits per heavy atom. The van der Waals surface area contributed by atoms with Crippen LogP contribution < -0.4 is 0 Å². The topological polar surface area (TPSA) is 53.3 Å². The van der Waals surface area contributed by atoms with E-state index in [0.717, 1.165) is 19.4 Å². The molecule has 19 heavy (non-hydrogen) atoms. The molecule has 0 aromatic heterocycles. The number of hydrogen-bond acceptors (Lipinski definition) is 3. The Bertz CT molecular complexity index is 369. The Morgan fingerprint density at radius 3 is 2.63 bits per heavy atom. The zero-order valence-corrected chi connectivity index (χ0v) is 13.8. The fraction of sp³-hybridized carbons (Fsp3) is 0.857. The summed E-state index contributed by atoms with van der Waals surface area (Å²) >= 11 is 0. The van der Waals surface area contributed by atoms with Crippen molar-refractivity contribution in [3.8, 4) is 6.07 Å². The van der Waals surface area contributed by atoms with Crippen molar-refractivity contribution in [3.63, 3.8) is 0 Å². The van der Waals surface area contributed by atoms with Crippen LogP contribution in [0.2, 0.25) is 18.1 Å². The number of likely N-dealkylation sites (tertiary alicyclic amines) is 1. The van der Waals surface area contributed by atoms with Crippen molar-refractivity contribution in [1.82, 2.24) is 4.90 Å². The predicted molar refractivity (Wildman–Crippen MR) is 78.1 cm³/mol. The van der Waals surface area contributed by atoms with E-state index >= 15 is 0 Å². The zero-order chi connectivity index (χ0) is 14.7. The van der Waals surface area contributed by atoms with Gasteiger partial charge in [0.1, 0.15) is 6.42 Å². The minimum Gasteiger partial charge on any atom is -0.412 e. The van der Waals surface area contributed by atoms with Gasteiger partial charge in [0.15, 0.2) is 8.32 Å². The van der Waals surface area contributed by atoms with Gasteiger partial charge in [0, 0.05) is 13.1 Å². The fourth-order valence-electron chi connectivity index (χ4n) is 2.03. The maximum atomic E-state index is 11.8. The molecule has 1 saturated heterocycles. The highest BCUT2D eigenvalue weighted by Gasteiger charge is 2.40. The summed E-state index contributed by atoms with van der Waals surface area (Å²) < 4.78 is 6.36. The van der Waals surface area contributed by atoms with E-state index in [4.69, 9.17) is 9.69 Å². The van der Waals surface area contributed by atoms with Crippen LogP contribution in [0.15, 0.2) is 0 Å². The largest absolute Gasteiger partial charge is 0.412 e. The first-order chi connectivity index (χ1) is 8.67. The van der Waals surface area contributed by atoms with Gasteiger partial charge in [-0.2, -0.15) is 5.26 Å². The Labute approximate surface area is 117 Å². The monoisotopic (exact) mass is 282 g/mol. The lowest BCUT2D eigenvalue weighted by atomic mass is 10.1. The average molecular weight is 282 g/mol. The minimum absolute atomic E-state index is 0.0210. The zero-order valence-electron chi connectivity index (χ0n) is 12.8. The van der Waals surface area contributed by atoms with Gasteiger partial charge >= 0.3 is 0 Å². The highest BCUT2D eigenvalue weighted by atomic mass is 28.4. The second-order valence-electron chi connectivity index (χ2n) is 6.82. The van der Waals surface area contributed by atoms with E-state index in [9.17, 15) is 4.79 Å². The average Bonchev–Trinajstić information content (AvgIpc) is 2.27. The number of carbonyl (C=O) groups is 1. The lowest BCUT2D eigenvalue weighted by Gasteiger charge is -2.42. The molecule has 4 nitrogen and oxygen atoms in total. The molecule has 108 valence electrons. The first kappa shape index (κ1) is 16.2. The molecule has 0 radical (unpaired) electrons. The third-order valence-corrected chi connectivity index (χ3v) is 8.76. The van der Waals surface area contributed by atoms with Crippen molar-refractivity contribution in [3.05, 3.63) is 0 Å². The van der Waals surface area contributed by atoms with E-state index in [1.807, 2.05) is 6.07 Å². The lowest BCUT2D eigenvalue weighted by Crippen LogP contribution is -2.50. The summed E-state index contributed by atoms with van der Waals surface area (Å²) in [4.78, 5) is 13.5. The van der Waals surface area contributed by atoms with Crippen LogP contribution in [0, 0.1) is 11.3 Å². The smallest absolute Gasteiger partial charge is 0.236 e. The van der Waals surface area contributed by atoms with Crippen molar-refractivity contribution in [1.29, 1.82) is 5.26 Å². The van der Waals surface area contributed by atoms with E-state index in [0.29, 0.717) is 6.54 Å². The number of amides is 1. The van der Waals surface area contributed by atoms with Crippen LogP contribution in [0.4, 0.5) is 0 Å². The van der Waals surface area contributed by atoms with E-state index in [-0.39, 0.29) is 23.5 Å². The molecule has 5 heteroatoms. The Kier molecular flexibility index (Phi) is 5.16. The molecular formula is C14H26N2O2Si. The van der Waals surface area contributed by atoms with Gasteiger partial charge in [-0.15, -0.1) is 0 Å². The van der Waals surface area contributed by atoms with Crippen LogP contribution in [0.5, 0.6) is 0 Å². The van der Waals surface area contributed by atoms with Crippen molar-refractivity contribution < 1.29 is 9.22 Å². The summed E-state index contributed by atoms with van der Waals surface area (Å²) in [5, 5.41) is 8.79. The molecule has 1 fully saturated rings. The summed E-state index contributed by atoms with van der Waals surface area (Å²) in [6.07, 6.45) is 2.10. The van der Waals surface area contributed by atoms with Crippen molar-refractivity contribution in [2.45, 2.75) is 64.3 Å². The summed E-state index contributed by atoms with van der Waals surface area (Å²) in [6.45, 7) is 12.6. The van der Waals surface area contributed by atoms with E-state index in [2.05, 4.69) is 33.9 Å². The van der Waals surface area contributed by atoms with Crippen LogP contribution in [0.25, 0.3) is 0 Å². The molecule has 1 atom stereocenters. The molecule has 0 saturated carbocycles. The van der Waals surface area contributed by atoms with Crippen LogP contribution in [0.3, 0.4) is 0 Å². The molecule has 0 bridgehead atoms. The van der Waals surface area contributed by atoms with Crippen molar-refractivity contribution >= 4 is 14.2 Å². The summed E-state index contributed by atoms with van der Waals surface area (Å²) in [7, 11) is -1.78. The number of carbonyl (C=O) groups excluding carboxylic acids is 1. The Balaban J connectivity index is 2.61. The summed E-state index contributed by atoms with van der Waals surface area (Å²) in [5.74, 6) is -0.0639. The molecule has 1 unspecified atom stereocenters. The Morgan fingerprint density at radius 2 is 2.11 bits per heavy atom. The highest BCUT2D eigenvalue weighted by Crippen LogP contribution is 2.38. The minimum atomic E-state index is -1.78. The maximum absolute atomic E-state index is 11.8. The lowest BCUT2D eigenvalue weighted by molar-refractivity contribution is -0.132. The van der Waals surface area contributed by atoms with Gasteiger partial charge < -0.3 is 9.33 Å². The van der Waals surface area contributed by atoms with Gasteiger partial charge in [0.2, 0.25) is 5.91 Å². The van der Waals surface area contributed by atoms with E-state index in [1.54, 1.807) is 4.90 Å². The summed E-state index contributed by atoms with van der Waals surface area (Å²) in [5.41, 5.74) is 0. The normalized spacial score (nSPS) is 21.1. The summed E-state index contributed by atoms with van der Waals surface area (Å²) in [6, 6.07) is 1.93. The highest BCUT2D eigenvalue weighted by molar-refractivity contribution is 6.74. The molecule has 0 aliphatic carbocycles. The SMILES string of the molecule is CC(C)(C)[Si](C)(C)OC1CCCN(C(=O)CC#N)C1. The van der Waals surface area contributed by atoms with E-state index < -0.39 is 8.32 Å². The van der Waals surface area contributed by atoms with Crippen LogP contribution in [-0.4, -0.2) is 38.3 Å².